The number of nitrogens with zero attached hydrogens (tertiary/aromatic N) is 2. The maximum Gasteiger partial charge on any atom is 0.248 e. The molecule has 1 unspecified atom stereocenters. The number of carbonyl (C=O) groups is 3. The van der Waals surface area contributed by atoms with Crippen LogP contribution in [0.25, 0.3) is 0 Å². The third-order valence-electron chi connectivity index (χ3n) is 8.01. The lowest BCUT2D eigenvalue weighted by atomic mass is 9.68. The summed E-state index contributed by atoms with van der Waals surface area (Å²) in [6.07, 6.45) is 3.40. The molecule has 0 saturated heterocycles. The first-order chi connectivity index (χ1) is 19.5. The average molecular weight is 558 g/mol. The number of hydrogen-bond acceptors (Lipinski definition) is 6. The van der Waals surface area contributed by atoms with Crippen LogP contribution in [0.5, 0.6) is 0 Å². The van der Waals surface area contributed by atoms with Crippen LogP contribution in [0.4, 0.5) is 0 Å². The Bertz CT molecular complexity index is 1340. The Hall–Kier alpha value is -4.23. The summed E-state index contributed by atoms with van der Waals surface area (Å²) in [7, 11) is 0. The summed E-state index contributed by atoms with van der Waals surface area (Å²) < 4.78 is 0. The minimum Gasteiger partial charge on any atom is -0.371 e. The summed E-state index contributed by atoms with van der Waals surface area (Å²) >= 11 is 0. The molecule has 1 fully saturated rings. The van der Waals surface area contributed by atoms with E-state index in [1.807, 2.05) is 26.0 Å². The van der Waals surface area contributed by atoms with E-state index in [-0.39, 0.29) is 30.4 Å². The van der Waals surface area contributed by atoms with E-state index in [2.05, 4.69) is 16.7 Å². The van der Waals surface area contributed by atoms with Crippen LogP contribution in [0, 0.1) is 16.7 Å². The average Bonchev–Trinajstić information content (AvgIpc) is 3.77. The summed E-state index contributed by atoms with van der Waals surface area (Å²) in [5.74, 6) is -0.900. The number of amides is 3. The molecule has 4 rings (SSSR count). The zero-order chi connectivity index (χ0) is 29.9. The number of benzene rings is 2. The summed E-state index contributed by atoms with van der Waals surface area (Å²) in [5.41, 5.74) is 14.6. The molecule has 10 heteroatoms. The maximum absolute atomic E-state index is 13.1. The van der Waals surface area contributed by atoms with Crippen LogP contribution < -0.4 is 22.1 Å². The first kappa shape index (κ1) is 29.7. The van der Waals surface area contributed by atoms with Gasteiger partial charge in [0.15, 0.2) is 0 Å². The predicted octanol–water partition coefficient (Wildman–Crippen LogP) is 2.13. The molecule has 2 aromatic carbocycles. The maximum atomic E-state index is 13.1. The summed E-state index contributed by atoms with van der Waals surface area (Å²) in [5, 5.41) is 25.4. The van der Waals surface area contributed by atoms with Gasteiger partial charge in [-0.2, -0.15) is 5.26 Å². The molecule has 2 aliphatic rings. The fourth-order valence-corrected chi connectivity index (χ4v) is 5.94. The van der Waals surface area contributed by atoms with Crippen LogP contribution >= 0.6 is 0 Å². The van der Waals surface area contributed by atoms with E-state index in [1.54, 1.807) is 36.1 Å². The quantitative estimate of drug-likeness (QED) is 0.160. The Kier molecular flexibility index (Phi) is 8.78. The van der Waals surface area contributed by atoms with Gasteiger partial charge in [0.25, 0.3) is 0 Å². The standard InChI is InChI=1S/C31H39N7O3/c1-18(2)37-30(35)31(12-13-36-17-27(39)38(19(3)16-32)24-8-9-24)25-10-6-22(28(33)40)14-20(25)4-5-21-15-23(29(34)41)7-11-26(21)31/h6-7,10-11,14-15,18-19,24,36H,4-5,8-9,12-13,17H2,1-3H3,(H2,33,40)(H2,34,41)(H2,35,37). The topological polar surface area (TPSA) is 178 Å². The monoisotopic (exact) mass is 557 g/mol. The minimum absolute atomic E-state index is 0.0292. The van der Waals surface area contributed by atoms with Crippen molar-refractivity contribution >= 4 is 23.6 Å². The van der Waals surface area contributed by atoms with Crippen molar-refractivity contribution in [2.24, 2.45) is 11.5 Å². The number of nitrogens with two attached hydrogens (primary N) is 2. The van der Waals surface area contributed by atoms with Gasteiger partial charge in [-0.05, 0) is 106 Å². The van der Waals surface area contributed by atoms with Crippen molar-refractivity contribution < 1.29 is 14.4 Å². The molecule has 1 atom stereocenters. The number of nitrogens with one attached hydrogen (secondary N) is 3. The molecule has 1 saturated carbocycles. The van der Waals surface area contributed by atoms with Crippen molar-refractivity contribution in [3.05, 3.63) is 69.8 Å². The van der Waals surface area contributed by atoms with E-state index in [9.17, 15) is 25.1 Å². The number of amidine groups is 1. The van der Waals surface area contributed by atoms with Gasteiger partial charge >= 0.3 is 0 Å². The van der Waals surface area contributed by atoms with Crippen molar-refractivity contribution in [2.75, 3.05) is 13.1 Å². The van der Waals surface area contributed by atoms with Gasteiger partial charge in [-0.15, -0.1) is 0 Å². The van der Waals surface area contributed by atoms with Gasteiger partial charge in [0.2, 0.25) is 17.7 Å². The normalized spacial score (nSPS) is 16.0. The molecule has 0 heterocycles. The number of hydrogen-bond donors (Lipinski definition) is 5. The fraction of sp³-hybridized carbons (Fsp3) is 0.452. The van der Waals surface area contributed by atoms with Crippen LogP contribution in [-0.2, 0) is 23.1 Å². The van der Waals surface area contributed by atoms with Crippen molar-refractivity contribution in [1.82, 2.24) is 15.5 Å². The van der Waals surface area contributed by atoms with Crippen molar-refractivity contribution in [3.63, 3.8) is 0 Å². The lowest BCUT2D eigenvalue weighted by molar-refractivity contribution is -0.131. The predicted molar refractivity (Wildman–Crippen MR) is 157 cm³/mol. The molecule has 10 nitrogen and oxygen atoms in total. The Morgan fingerprint density at radius 2 is 1.56 bits per heavy atom. The van der Waals surface area contributed by atoms with Crippen LogP contribution in [0.2, 0.25) is 0 Å². The van der Waals surface area contributed by atoms with Gasteiger partial charge in [0.1, 0.15) is 11.9 Å². The highest BCUT2D eigenvalue weighted by atomic mass is 16.2. The van der Waals surface area contributed by atoms with Crippen LogP contribution in [0.3, 0.4) is 0 Å². The molecule has 2 aliphatic carbocycles. The Morgan fingerprint density at radius 1 is 1.02 bits per heavy atom. The van der Waals surface area contributed by atoms with Gasteiger partial charge in [-0.3, -0.25) is 19.8 Å². The highest BCUT2D eigenvalue weighted by Gasteiger charge is 2.44. The smallest absolute Gasteiger partial charge is 0.248 e. The number of fused-ring (bicyclic) bond motifs is 2. The van der Waals surface area contributed by atoms with Crippen molar-refractivity contribution in [3.8, 4) is 6.07 Å². The zero-order valence-corrected chi connectivity index (χ0v) is 23.9. The fourth-order valence-electron chi connectivity index (χ4n) is 5.94. The van der Waals surface area contributed by atoms with E-state index in [0.29, 0.717) is 36.9 Å². The first-order valence-electron chi connectivity index (χ1n) is 14.1. The third kappa shape index (κ3) is 6.10. The highest BCUT2D eigenvalue weighted by molar-refractivity contribution is 5.98. The number of carbonyl (C=O) groups excluding carboxylic acids is 3. The molecule has 2 aromatic rings. The Morgan fingerprint density at radius 3 is 2.00 bits per heavy atom. The third-order valence-corrected chi connectivity index (χ3v) is 8.01. The zero-order valence-electron chi connectivity index (χ0n) is 23.9. The summed E-state index contributed by atoms with van der Waals surface area (Å²) in [4.78, 5) is 38.8. The second-order valence-corrected chi connectivity index (χ2v) is 11.3. The second-order valence-electron chi connectivity index (χ2n) is 11.3. The number of primary amides is 2. The van der Waals surface area contributed by atoms with Crippen LogP contribution in [-0.4, -0.2) is 59.7 Å². The van der Waals surface area contributed by atoms with Gasteiger partial charge < -0.3 is 27.0 Å². The number of rotatable bonds is 11. The molecule has 216 valence electrons. The molecule has 0 radical (unpaired) electrons. The molecule has 0 aromatic heterocycles. The Balaban J connectivity index is 1.75. The van der Waals surface area contributed by atoms with Crippen molar-refractivity contribution in [2.45, 2.75) is 76.4 Å². The van der Waals surface area contributed by atoms with Gasteiger partial charge in [0.05, 0.1) is 18.0 Å². The van der Waals surface area contributed by atoms with Gasteiger partial charge in [-0.1, -0.05) is 12.1 Å². The number of aryl methyl sites for hydroxylation is 2. The molecule has 0 aliphatic heterocycles. The second kappa shape index (κ2) is 12.1. The molecular weight excluding hydrogens is 518 g/mol. The number of nitriles is 1. The van der Waals surface area contributed by atoms with Crippen LogP contribution in [0.1, 0.15) is 83.0 Å². The molecule has 3 amide bonds. The summed E-state index contributed by atoms with van der Waals surface area (Å²) in [6, 6.07) is 12.5. The first-order valence-corrected chi connectivity index (χ1v) is 14.1. The largest absolute Gasteiger partial charge is 0.371 e. The van der Waals surface area contributed by atoms with E-state index < -0.39 is 23.3 Å². The SMILES string of the molecule is CC(C)NC(=N)C1(CCNCC(=O)N(C(C)C#N)C2CC2)c2ccc(C(N)=O)cc2CCc2cc(C(N)=O)ccc21. The minimum atomic E-state index is -0.968. The Labute approximate surface area is 241 Å². The van der Waals surface area contributed by atoms with Gasteiger partial charge in [-0.25, -0.2) is 0 Å². The van der Waals surface area contributed by atoms with E-state index in [4.69, 9.17) is 11.5 Å². The molecule has 0 spiro atoms. The van der Waals surface area contributed by atoms with E-state index >= 15 is 0 Å². The molecule has 41 heavy (non-hydrogen) atoms. The van der Waals surface area contributed by atoms with Crippen molar-refractivity contribution in [1.29, 1.82) is 10.7 Å². The van der Waals surface area contributed by atoms with E-state index in [1.165, 1.54) is 0 Å². The summed E-state index contributed by atoms with van der Waals surface area (Å²) in [6.45, 7) is 6.13. The van der Waals surface area contributed by atoms with Crippen LogP contribution in [0.15, 0.2) is 36.4 Å². The highest BCUT2D eigenvalue weighted by Crippen LogP contribution is 2.43. The van der Waals surface area contributed by atoms with E-state index in [0.717, 1.165) is 35.1 Å². The lowest BCUT2D eigenvalue weighted by Crippen LogP contribution is -2.50. The molecule has 7 N–H and O–H groups in total. The molecular formula is C31H39N7O3. The lowest BCUT2D eigenvalue weighted by Gasteiger charge is -2.38. The molecule has 0 bridgehead atoms. The van der Waals surface area contributed by atoms with Gasteiger partial charge in [0, 0.05) is 23.2 Å².